The summed E-state index contributed by atoms with van der Waals surface area (Å²) in [5.74, 6) is -0.183. The number of rotatable bonds is 4. The van der Waals surface area contributed by atoms with Gasteiger partial charge in [0.2, 0.25) is 0 Å². The van der Waals surface area contributed by atoms with Crippen LogP contribution in [0.1, 0.15) is 32.6 Å². The van der Waals surface area contributed by atoms with E-state index < -0.39 is 0 Å². The smallest absolute Gasteiger partial charge is 0.254 e. The lowest BCUT2D eigenvalue weighted by molar-refractivity contribution is 0.0951. The molecule has 0 fully saturated rings. The molecule has 0 atom stereocenters. The Morgan fingerprint density at radius 2 is 2.00 bits per heavy atom. The van der Waals surface area contributed by atoms with Crippen LogP contribution in [-0.2, 0) is 26.7 Å². The number of hydrogen-bond acceptors (Lipinski definition) is 5. The Kier molecular flexibility index (Phi) is 4.72. The van der Waals surface area contributed by atoms with Crippen LogP contribution in [0.3, 0.4) is 0 Å². The molecule has 1 N–H and O–H groups in total. The molecule has 0 saturated carbocycles. The highest BCUT2D eigenvalue weighted by Crippen LogP contribution is 2.34. The van der Waals surface area contributed by atoms with Gasteiger partial charge in [0.1, 0.15) is 0 Å². The number of hydrogen-bond donors (Lipinski definition) is 1. The van der Waals surface area contributed by atoms with Crippen molar-refractivity contribution in [3.63, 3.8) is 0 Å². The van der Waals surface area contributed by atoms with Crippen molar-refractivity contribution < 1.29 is 4.79 Å². The number of carbonyl (C=O) groups is 1. The van der Waals surface area contributed by atoms with E-state index in [0.717, 1.165) is 27.8 Å². The minimum Gasteiger partial charge on any atom is -0.348 e. The van der Waals surface area contributed by atoms with Crippen molar-refractivity contribution in [1.29, 1.82) is 10.5 Å². The molecule has 0 unspecified atom stereocenters. The molecule has 3 aromatic rings. The molecule has 142 valence electrons. The molecule has 1 aromatic heterocycles. The first kappa shape index (κ1) is 18.3. The lowest BCUT2D eigenvalue weighted by Gasteiger charge is -2.12. The van der Waals surface area contributed by atoms with Crippen LogP contribution in [0.5, 0.6) is 0 Å². The summed E-state index contributed by atoms with van der Waals surface area (Å²) in [7, 11) is 1.77. The summed E-state index contributed by atoms with van der Waals surface area (Å²) in [5, 5.41) is 25.3. The van der Waals surface area contributed by atoms with Crippen molar-refractivity contribution in [2.45, 2.75) is 19.6 Å². The first-order chi connectivity index (χ1) is 14.1. The average molecular weight is 382 g/mol. The maximum atomic E-state index is 12.3. The number of nitriles is 2. The standard InChI is InChI=1S/C22H18N6O/c1-27-11-19(10-26-27)22(29)25-9-16-6-18-12-28(14-24)13-21(18)20(7-16)17-4-2-15(8-23)3-5-17/h2-7,10-11H,9,12-13H2,1H3,(H,25,29). The zero-order valence-electron chi connectivity index (χ0n) is 15.9. The minimum absolute atomic E-state index is 0.183. The molecule has 0 radical (unpaired) electrons. The van der Waals surface area contributed by atoms with Crippen LogP contribution in [0.25, 0.3) is 11.1 Å². The summed E-state index contributed by atoms with van der Waals surface area (Å²) in [6, 6.07) is 13.6. The Hall–Kier alpha value is -4.10. The monoisotopic (exact) mass is 382 g/mol. The summed E-state index contributed by atoms with van der Waals surface area (Å²) in [4.78, 5) is 14.0. The minimum atomic E-state index is -0.183. The third kappa shape index (κ3) is 3.67. The topological polar surface area (TPSA) is 97.7 Å². The van der Waals surface area contributed by atoms with Gasteiger partial charge >= 0.3 is 0 Å². The number of carbonyl (C=O) groups excluding carboxylic acids is 1. The maximum Gasteiger partial charge on any atom is 0.254 e. The molecule has 1 aliphatic rings. The van der Waals surface area contributed by atoms with Crippen LogP contribution in [0.4, 0.5) is 0 Å². The summed E-state index contributed by atoms with van der Waals surface area (Å²) >= 11 is 0. The van der Waals surface area contributed by atoms with Gasteiger partial charge in [0.05, 0.1) is 36.5 Å². The van der Waals surface area contributed by atoms with Crippen LogP contribution >= 0.6 is 0 Å². The van der Waals surface area contributed by atoms with E-state index >= 15 is 0 Å². The van der Waals surface area contributed by atoms with Gasteiger partial charge in [-0.15, -0.1) is 0 Å². The lowest BCUT2D eigenvalue weighted by atomic mass is 9.94. The van der Waals surface area contributed by atoms with Crippen LogP contribution in [0.2, 0.25) is 0 Å². The predicted octanol–water partition coefficient (Wildman–Crippen LogP) is 2.69. The fourth-order valence-electron chi connectivity index (χ4n) is 3.56. The highest BCUT2D eigenvalue weighted by Gasteiger charge is 2.22. The first-order valence-electron chi connectivity index (χ1n) is 9.14. The number of nitrogens with zero attached hydrogens (tertiary/aromatic N) is 5. The summed E-state index contributed by atoms with van der Waals surface area (Å²) in [6.07, 6.45) is 5.42. The number of aryl methyl sites for hydroxylation is 1. The van der Waals surface area contributed by atoms with Crippen LogP contribution in [0, 0.1) is 22.8 Å². The van der Waals surface area contributed by atoms with E-state index in [4.69, 9.17) is 5.26 Å². The molecule has 7 nitrogen and oxygen atoms in total. The second kappa shape index (κ2) is 7.49. The molecular formula is C22H18N6O. The maximum absolute atomic E-state index is 12.3. The van der Waals surface area contributed by atoms with E-state index in [0.29, 0.717) is 30.8 Å². The molecule has 29 heavy (non-hydrogen) atoms. The first-order valence-corrected chi connectivity index (χ1v) is 9.14. The third-order valence-corrected chi connectivity index (χ3v) is 5.00. The Labute approximate surface area is 168 Å². The number of fused-ring (bicyclic) bond motifs is 1. The summed E-state index contributed by atoms with van der Waals surface area (Å²) < 4.78 is 1.59. The number of amides is 1. The molecule has 7 heteroatoms. The van der Waals surface area contributed by atoms with Gasteiger partial charge in [-0.2, -0.15) is 15.6 Å². The van der Waals surface area contributed by atoms with Crippen molar-refractivity contribution in [3.8, 4) is 23.4 Å². The molecule has 0 spiro atoms. The Morgan fingerprint density at radius 1 is 1.21 bits per heavy atom. The molecule has 1 aliphatic heterocycles. The van der Waals surface area contributed by atoms with Crippen molar-refractivity contribution in [3.05, 3.63) is 76.6 Å². The summed E-state index contributed by atoms with van der Waals surface area (Å²) in [5.41, 5.74) is 6.27. The fourth-order valence-corrected chi connectivity index (χ4v) is 3.56. The van der Waals surface area contributed by atoms with Gasteiger partial charge in [-0.25, -0.2) is 0 Å². The van der Waals surface area contributed by atoms with E-state index in [1.54, 1.807) is 35.0 Å². The Balaban J connectivity index is 1.64. The van der Waals surface area contributed by atoms with Gasteiger partial charge in [-0.05, 0) is 46.0 Å². The lowest BCUT2D eigenvalue weighted by Crippen LogP contribution is -2.22. The molecule has 0 saturated heterocycles. The van der Waals surface area contributed by atoms with E-state index in [-0.39, 0.29) is 5.91 Å². The van der Waals surface area contributed by atoms with Gasteiger partial charge in [0, 0.05) is 19.8 Å². The zero-order chi connectivity index (χ0) is 20.4. The fraction of sp³-hybridized carbons (Fsp3) is 0.182. The second-order valence-corrected chi connectivity index (χ2v) is 7.01. The quantitative estimate of drug-likeness (QED) is 0.700. The molecule has 0 aliphatic carbocycles. The number of nitrogens with one attached hydrogen (secondary N) is 1. The Bertz CT molecular complexity index is 1160. The second-order valence-electron chi connectivity index (χ2n) is 7.01. The largest absolute Gasteiger partial charge is 0.348 e. The van der Waals surface area contributed by atoms with Crippen molar-refractivity contribution in [2.24, 2.45) is 7.05 Å². The SMILES string of the molecule is Cn1cc(C(=O)NCc2cc3c(c(-c4ccc(C#N)cc4)c2)CN(C#N)C3)cn1. The highest BCUT2D eigenvalue weighted by molar-refractivity contribution is 5.93. The van der Waals surface area contributed by atoms with E-state index in [1.807, 2.05) is 24.3 Å². The van der Waals surface area contributed by atoms with E-state index in [9.17, 15) is 10.1 Å². The van der Waals surface area contributed by atoms with Crippen LogP contribution in [0.15, 0.2) is 48.8 Å². The normalized spacial score (nSPS) is 12.2. The number of aromatic nitrogens is 2. The third-order valence-electron chi connectivity index (χ3n) is 5.00. The van der Waals surface area contributed by atoms with Gasteiger partial charge in [0.15, 0.2) is 6.19 Å². The predicted molar refractivity (Wildman–Crippen MR) is 106 cm³/mol. The van der Waals surface area contributed by atoms with E-state index in [2.05, 4.69) is 22.7 Å². The zero-order valence-corrected chi connectivity index (χ0v) is 15.9. The van der Waals surface area contributed by atoms with E-state index in [1.165, 1.54) is 6.20 Å². The van der Waals surface area contributed by atoms with Crippen LogP contribution < -0.4 is 5.32 Å². The summed E-state index contributed by atoms with van der Waals surface area (Å²) in [6.45, 7) is 1.49. The highest BCUT2D eigenvalue weighted by atomic mass is 16.1. The van der Waals surface area contributed by atoms with Gasteiger partial charge in [-0.3, -0.25) is 9.48 Å². The van der Waals surface area contributed by atoms with Crippen LogP contribution in [-0.4, -0.2) is 20.6 Å². The average Bonchev–Trinajstić information content (AvgIpc) is 3.37. The van der Waals surface area contributed by atoms with Crippen molar-refractivity contribution >= 4 is 5.91 Å². The molecule has 1 amide bonds. The molecule has 0 bridgehead atoms. The Morgan fingerprint density at radius 3 is 2.66 bits per heavy atom. The molecular weight excluding hydrogens is 364 g/mol. The van der Waals surface area contributed by atoms with Gasteiger partial charge < -0.3 is 10.2 Å². The number of benzene rings is 2. The molecule has 2 aromatic carbocycles. The molecule has 4 rings (SSSR count). The molecule has 2 heterocycles. The van der Waals surface area contributed by atoms with Crippen molar-refractivity contribution in [2.75, 3.05) is 0 Å². The van der Waals surface area contributed by atoms with Gasteiger partial charge in [-0.1, -0.05) is 18.2 Å². The van der Waals surface area contributed by atoms with Crippen molar-refractivity contribution in [1.82, 2.24) is 20.0 Å². The van der Waals surface area contributed by atoms with Gasteiger partial charge in [0.25, 0.3) is 5.91 Å².